The van der Waals surface area contributed by atoms with Gasteiger partial charge in [0.1, 0.15) is 0 Å². The van der Waals surface area contributed by atoms with Gasteiger partial charge in [-0.05, 0) is 6.42 Å². The van der Waals surface area contributed by atoms with Crippen molar-refractivity contribution < 1.29 is 4.79 Å². The number of hydrogen-bond donors (Lipinski definition) is 3. The van der Waals surface area contributed by atoms with Crippen LogP contribution in [0.25, 0.3) is 0 Å². The molecule has 0 radical (unpaired) electrons. The molecule has 1 heterocycles. The molecule has 7 heteroatoms. The average molecular weight is 238 g/mol. The van der Waals surface area contributed by atoms with Crippen LogP contribution in [0.1, 0.15) is 33.6 Å². The summed E-state index contributed by atoms with van der Waals surface area (Å²) in [5, 5.41) is 2.59. The van der Waals surface area contributed by atoms with Gasteiger partial charge in [-0.1, -0.05) is 27.2 Å². The van der Waals surface area contributed by atoms with E-state index in [0.29, 0.717) is 0 Å². The summed E-state index contributed by atoms with van der Waals surface area (Å²) in [6, 6.07) is 0. The SMILES string of the molecule is CCCC(C)(C)C(=O)Nc1nc(N)nc(N)n1. The van der Waals surface area contributed by atoms with Gasteiger partial charge in [-0.15, -0.1) is 0 Å². The lowest BCUT2D eigenvalue weighted by atomic mass is 9.87. The van der Waals surface area contributed by atoms with Crippen molar-refractivity contribution in [2.75, 3.05) is 16.8 Å². The van der Waals surface area contributed by atoms with Crippen molar-refractivity contribution in [3.63, 3.8) is 0 Å². The lowest BCUT2D eigenvalue weighted by Crippen LogP contribution is -2.31. The van der Waals surface area contributed by atoms with E-state index in [-0.39, 0.29) is 23.8 Å². The third kappa shape index (κ3) is 3.54. The van der Waals surface area contributed by atoms with Crippen LogP contribution in [0.15, 0.2) is 0 Å². The van der Waals surface area contributed by atoms with E-state index in [1.807, 2.05) is 20.8 Å². The van der Waals surface area contributed by atoms with Gasteiger partial charge in [0.25, 0.3) is 0 Å². The number of carbonyl (C=O) groups excluding carboxylic acids is 1. The summed E-state index contributed by atoms with van der Waals surface area (Å²) in [4.78, 5) is 23.2. The lowest BCUT2D eigenvalue weighted by molar-refractivity contribution is -0.124. The first-order valence-electron chi connectivity index (χ1n) is 5.43. The molecule has 1 aromatic heterocycles. The molecule has 17 heavy (non-hydrogen) atoms. The molecule has 0 spiro atoms. The van der Waals surface area contributed by atoms with Gasteiger partial charge in [0.2, 0.25) is 23.8 Å². The summed E-state index contributed by atoms with van der Waals surface area (Å²) in [7, 11) is 0. The highest BCUT2D eigenvalue weighted by atomic mass is 16.2. The standard InChI is InChI=1S/C10H18N6O/c1-4-5-10(2,3)6(17)13-9-15-7(11)14-8(12)16-9/h4-5H2,1-3H3,(H5,11,12,13,14,15,16,17). The van der Waals surface area contributed by atoms with Crippen molar-refractivity contribution in [2.45, 2.75) is 33.6 Å². The molecular formula is C10H18N6O. The van der Waals surface area contributed by atoms with Crippen LogP contribution in [-0.4, -0.2) is 20.9 Å². The van der Waals surface area contributed by atoms with E-state index in [9.17, 15) is 4.79 Å². The highest BCUT2D eigenvalue weighted by molar-refractivity contribution is 5.93. The van der Waals surface area contributed by atoms with Gasteiger partial charge >= 0.3 is 0 Å². The summed E-state index contributed by atoms with van der Waals surface area (Å²) in [5.74, 6) is -0.101. The number of nitrogens with one attached hydrogen (secondary N) is 1. The van der Waals surface area contributed by atoms with Crippen molar-refractivity contribution in [3.05, 3.63) is 0 Å². The lowest BCUT2D eigenvalue weighted by Gasteiger charge is -2.22. The predicted molar refractivity (Wildman–Crippen MR) is 66.0 cm³/mol. The first-order chi connectivity index (χ1) is 7.85. The van der Waals surface area contributed by atoms with E-state index < -0.39 is 5.41 Å². The highest BCUT2D eigenvalue weighted by Gasteiger charge is 2.27. The number of nitrogen functional groups attached to an aromatic ring is 2. The molecule has 1 rings (SSSR count). The molecule has 5 N–H and O–H groups in total. The topological polar surface area (TPSA) is 120 Å². The molecule has 0 fully saturated rings. The molecule has 0 saturated carbocycles. The Morgan fingerprint density at radius 2 is 1.76 bits per heavy atom. The number of amides is 1. The van der Waals surface area contributed by atoms with Crippen LogP contribution in [0.5, 0.6) is 0 Å². The molecule has 0 saturated heterocycles. The van der Waals surface area contributed by atoms with Crippen LogP contribution in [0.2, 0.25) is 0 Å². The predicted octanol–water partition coefficient (Wildman–Crippen LogP) is 0.801. The van der Waals surface area contributed by atoms with E-state index in [1.54, 1.807) is 0 Å². The molecule has 0 atom stereocenters. The fourth-order valence-corrected chi connectivity index (χ4v) is 1.47. The molecule has 0 aliphatic rings. The second-order valence-electron chi connectivity index (χ2n) is 4.46. The van der Waals surface area contributed by atoms with E-state index >= 15 is 0 Å². The fourth-order valence-electron chi connectivity index (χ4n) is 1.47. The normalized spacial score (nSPS) is 11.2. The monoisotopic (exact) mass is 238 g/mol. The van der Waals surface area contributed by atoms with Gasteiger partial charge < -0.3 is 11.5 Å². The van der Waals surface area contributed by atoms with Gasteiger partial charge in [0.05, 0.1) is 0 Å². The number of nitrogens with zero attached hydrogens (tertiary/aromatic N) is 3. The number of carbonyl (C=O) groups is 1. The number of aromatic nitrogens is 3. The minimum Gasteiger partial charge on any atom is -0.368 e. The van der Waals surface area contributed by atoms with Gasteiger partial charge in [-0.3, -0.25) is 10.1 Å². The van der Waals surface area contributed by atoms with Crippen LogP contribution >= 0.6 is 0 Å². The Hall–Kier alpha value is -1.92. The van der Waals surface area contributed by atoms with Crippen LogP contribution in [0.3, 0.4) is 0 Å². The zero-order valence-corrected chi connectivity index (χ0v) is 10.3. The zero-order chi connectivity index (χ0) is 13.1. The largest absolute Gasteiger partial charge is 0.368 e. The summed E-state index contributed by atoms with van der Waals surface area (Å²) in [6.07, 6.45) is 1.69. The maximum absolute atomic E-state index is 12.0. The van der Waals surface area contributed by atoms with Crippen LogP contribution < -0.4 is 16.8 Å². The van der Waals surface area contributed by atoms with E-state index in [0.717, 1.165) is 12.8 Å². The third-order valence-electron chi connectivity index (χ3n) is 2.39. The second kappa shape index (κ2) is 4.94. The first kappa shape index (κ1) is 13.1. The number of hydrogen-bond acceptors (Lipinski definition) is 6. The van der Waals surface area contributed by atoms with Crippen molar-refractivity contribution >= 4 is 23.8 Å². The van der Waals surface area contributed by atoms with Crippen LogP contribution in [0, 0.1) is 5.41 Å². The van der Waals surface area contributed by atoms with Crippen LogP contribution in [0.4, 0.5) is 17.8 Å². The maximum Gasteiger partial charge on any atom is 0.236 e. The Labute approximate surface area is 100 Å². The Kier molecular flexibility index (Phi) is 3.82. The van der Waals surface area contributed by atoms with Crippen molar-refractivity contribution in [2.24, 2.45) is 5.41 Å². The Morgan fingerprint density at radius 3 is 2.24 bits per heavy atom. The van der Waals surface area contributed by atoms with Gasteiger partial charge in [-0.25, -0.2) is 0 Å². The fraction of sp³-hybridized carbons (Fsp3) is 0.600. The Balaban J connectivity index is 2.80. The van der Waals surface area contributed by atoms with Gasteiger partial charge in [0.15, 0.2) is 0 Å². The Bertz CT molecular complexity index is 397. The molecular weight excluding hydrogens is 220 g/mol. The molecule has 0 aromatic carbocycles. The van der Waals surface area contributed by atoms with Crippen molar-refractivity contribution in [3.8, 4) is 0 Å². The number of anilines is 3. The molecule has 0 unspecified atom stereocenters. The first-order valence-corrected chi connectivity index (χ1v) is 5.43. The number of rotatable bonds is 4. The Morgan fingerprint density at radius 1 is 1.24 bits per heavy atom. The smallest absolute Gasteiger partial charge is 0.236 e. The van der Waals surface area contributed by atoms with Crippen molar-refractivity contribution in [1.82, 2.24) is 15.0 Å². The van der Waals surface area contributed by atoms with Crippen LogP contribution in [-0.2, 0) is 4.79 Å². The van der Waals surface area contributed by atoms with E-state index in [2.05, 4.69) is 20.3 Å². The molecule has 0 aliphatic heterocycles. The molecule has 1 amide bonds. The molecule has 94 valence electrons. The minimum atomic E-state index is -0.481. The summed E-state index contributed by atoms with van der Waals surface area (Å²) in [5.41, 5.74) is 10.3. The highest BCUT2D eigenvalue weighted by Crippen LogP contribution is 2.23. The summed E-state index contributed by atoms with van der Waals surface area (Å²) >= 11 is 0. The van der Waals surface area contributed by atoms with Gasteiger partial charge in [-0.2, -0.15) is 15.0 Å². The number of nitrogens with two attached hydrogens (primary N) is 2. The maximum atomic E-state index is 12.0. The quantitative estimate of drug-likeness (QED) is 0.713. The van der Waals surface area contributed by atoms with E-state index in [4.69, 9.17) is 11.5 Å². The zero-order valence-electron chi connectivity index (χ0n) is 10.3. The second-order valence-corrected chi connectivity index (χ2v) is 4.46. The summed E-state index contributed by atoms with van der Waals surface area (Å²) < 4.78 is 0. The van der Waals surface area contributed by atoms with E-state index in [1.165, 1.54) is 0 Å². The molecule has 1 aromatic rings. The van der Waals surface area contributed by atoms with Crippen molar-refractivity contribution in [1.29, 1.82) is 0 Å². The minimum absolute atomic E-state index is 0.0129. The molecule has 0 bridgehead atoms. The molecule has 0 aliphatic carbocycles. The summed E-state index contributed by atoms with van der Waals surface area (Å²) in [6.45, 7) is 5.74. The third-order valence-corrected chi connectivity index (χ3v) is 2.39. The molecule has 7 nitrogen and oxygen atoms in total. The van der Waals surface area contributed by atoms with Gasteiger partial charge in [0, 0.05) is 5.41 Å². The average Bonchev–Trinajstić information content (AvgIpc) is 2.15.